The summed E-state index contributed by atoms with van der Waals surface area (Å²) >= 11 is 0. The molecule has 5 aromatic rings. The van der Waals surface area contributed by atoms with Crippen molar-refractivity contribution < 1.29 is 18.3 Å². The van der Waals surface area contributed by atoms with Gasteiger partial charge in [0.15, 0.2) is 29.0 Å². The first-order valence-corrected chi connectivity index (χ1v) is 10.8. The van der Waals surface area contributed by atoms with Crippen LogP contribution >= 0.6 is 0 Å². The molecule has 0 atom stereocenters. The number of carbonyl (C=O) groups excluding carboxylic acids is 1. The number of rotatable bonds is 6. The van der Waals surface area contributed by atoms with Gasteiger partial charge in [0.1, 0.15) is 11.9 Å². The zero-order valence-electron chi connectivity index (χ0n) is 19.4. The van der Waals surface area contributed by atoms with Crippen LogP contribution in [-0.2, 0) is 0 Å². The minimum Gasteiger partial charge on any atom is -0.435 e. The van der Waals surface area contributed by atoms with Crippen LogP contribution in [0.1, 0.15) is 16.1 Å². The smallest absolute Gasteiger partial charge is 0.262 e. The molecule has 1 amide bonds. The molecule has 0 aliphatic rings. The van der Waals surface area contributed by atoms with E-state index in [-0.39, 0.29) is 28.2 Å². The summed E-state index contributed by atoms with van der Waals surface area (Å²) in [4.78, 5) is 29.6. The van der Waals surface area contributed by atoms with Crippen molar-refractivity contribution in [1.29, 1.82) is 0 Å². The van der Waals surface area contributed by atoms with E-state index in [1.54, 1.807) is 25.3 Å². The number of hydrogen-bond donors (Lipinski definition) is 3. The summed E-state index contributed by atoms with van der Waals surface area (Å²) < 4.78 is 35.4. The van der Waals surface area contributed by atoms with Crippen molar-refractivity contribution >= 4 is 28.4 Å². The molecule has 5 rings (SSSR count). The summed E-state index contributed by atoms with van der Waals surface area (Å²) in [7, 11) is 3.07. The van der Waals surface area contributed by atoms with Gasteiger partial charge < -0.3 is 19.9 Å². The van der Waals surface area contributed by atoms with Crippen molar-refractivity contribution in [2.45, 2.75) is 6.92 Å². The van der Waals surface area contributed by atoms with Crippen molar-refractivity contribution in [2.75, 3.05) is 19.4 Å². The van der Waals surface area contributed by atoms with Gasteiger partial charge in [-0.2, -0.15) is 5.10 Å². The van der Waals surface area contributed by atoms with E-state index in [9.17, 15) is 9.18 Å². The summed E-state index contributed by atoms with van der Waals surface area (Å²) in [6, 6.07) is 9.50. The molecular weight excluding hydrogens is 470 g/mol. The lowest BCUT2D eigenvalue weighted by Crippen LogP contribution is -2.24. The summed E-state index contributed by atoms with van der Waals surface area (Å²) in [6.07, 6.45) is 2.79. The number of pyridine rings is 1. The second-order valence-corrected chi connectivity index (χ2v) is 8.12. The van der Waals surface area contributed by atoms with E-state index in [1.165, 1.54) is 25.1 Å². The summed E-state index contributed by atoms with van der Waals surface area (Å²) in [5.41, 5.74) is 1.82. The lowest BCUT2D eigenvalue weighted by molar-refractivity contribution is 0.0825. The van der Waals surface area contributed by atoms with Gasteiger partial charge in [-0.3, -0.25) is 14.9 Å². The molecule has 0 aliphatic carbocycles. The molecule has 3 N–H and O–H groups in total. The third-order valence-corrected chi connectivity index (χ3v) is 5.31. The van der Waals surface area contributed by atoms with E-state index >= 15 is 4.39 Å². The SMILES string of the molecule is Cc1cc2c(F)c(Oc3ncnc(Nc4cc(-c5ccccn5)[nH]n4)c3C(=O)N(C)C)cc(F)c2[nH]1. The molecule has 0 bridgehead atoms. The highest BCUT2D eigenvalue weighted by Crippen LogP contribution is 2.35. The monoisotopic (exact) mass is 490 g/mol. The Bertz CT molecular complexity index is 1580. The molecule has 0 radical (unpaired) electrons. The van der Waals surface area contributed by atoms with Gasteiger partial charge in [-0.1, -0.05) is 6.07 Å². The molecule has 12 heteroatoms. The molecule has 0 saturated heterocycles. The Labute approximate surface area is 203 Å². The van der Waals surface area contributed by atoms with Crippen LogP contribution in [0.25, 0.3) is 22.3 Å². The van der Waals surface area contributed by atoms with E-state index in [0.717, 1.165) is 12.4 Å². The van der Waals surface area contributed by atoms with Gasteiger partial charge in [-0.25, -0.2) is 18.7 Å². The Kier molecular flexibility index (Phi) is 5.76. The predicted octanol–water partition coefficient (Wildman–Crippen LogP) is 4.57. The van der Waals surface area contributed by atoms with Crippen molar-refractivity contribution in [1.82, 2.24) is 35.0 Å². The Morgan fingerprint density at radius 2 is 1.94 bits per heavy atom. The molecule has 0 saturated carbocycles. The topological polar surface area (TPSA) is 125 Å². The van der Waals surface area contributed by atoms with Gasteiger partial charge in [-0.05, 0) is 25.1 Å². The number of ether oxygens (including phenoxy) is 1. The van der Waals surface area contributed by atoms with Crippen LogP contribution in [-0.4, -0.2) is 55.0 Å². The molecule has 4 aromatic heterocycles. The molecule has 0 fully saturated rings. The third kappa shape index (κ3) is 4.19. The fraction of sp³-hybridized carbons (Fsp3) is 0.125. The van der Waals surface area contributed by atoms with E-state index in [2.05, 4.69) is 35.5 Å². The number of aromatic amines is 2. The zero-order valence-corrected chi connectivity index (χ0v) is 19.4. The summed E-state index contributed by atoms with van der Waals surface area (Å²) in [5.74, 6) is -2.29. The molecular formula is C24H20F2N8O2. The van der Waals surface area contributed by atoms with Gasteiger partial charge in [0.25, 0.3) is 5.91 Å². The summed E-state index contributed by atoms with van der Waals surface area (Å²) in [5, 5.41) is 10.0. The first kappa shape index (κ1) is 22.9. The van der Waals surface area contributed by atoms with Gasteiger partial charge in [0.2, 0.25) is 5.88 Å². The van der Waals surface area contributed by atoms with Crippen LogP contribution in [0.3, 0.4) is 0 Å². The number of anilines is 2. The number of hydrogen-bond acceptors (Lipinski definition) is 7. The molecule has 4 heterocycles. The maximum atomic E-state index is 15.2. The fourth-order valence-corrected chi connectivity index (χ4v) is 3.63. The molecule has 0 aliphatic heterocycles. The number of nitrogens with zero attached hydrogens (tertiary/aromatic N) is 5. The van der Waals surface area contributed by atoms with Crippen LogP contribution in [0.4, 0.5) is 20.4 Å². The predicted molar refractivity (Wildman–Crippen MR) is 128 cm³/mol. The number of carbonyl (C=O) groups is 1. The number of aromatic nitrogens is 6. The Balaban J connectivity index is 1.54. The molecule has 182 valence electrons. The first-order valence-electron chi connectivity index (χ1n) is 10.8. The van der Waals surface area contributed by atoms with E-state index in [1.807, 2.05) is 12.1 Å². The largest absolute Gasteiger partial charge is 0.435 e. The minimum atomic E-state index is -0.792. The molecule has 10 nitrogen and oxygen atoms in total. The van der Waals surface area contributed by atoms with Crippen LogP contribution in [0, 0.1) is 18.6 Å². The van der Waals surface area contributed by atoms with Gasteiger partial charge in [0, 0.05) is 43.5 Å². The van der Waals surface area contributed by atoms with Crippen molar-refractivity contribution in [3.8, 4) is 23.0 Å². The number of fused-ring (bicyclic) bond motifs is 1. The van der Waals surface area contributed by atoms with Crippen molar-refractivity contribution in [3.63, 3.8) is 0 Å². The lowest BCUT2D eigenvalue weighted by Gasteiger charge is -2.17. The number of aryl methyl sites for hydroxylation is 1. The molecule has 0 spiro atoms. The number of nitrogens with one attached hydrogen (secondary N) is 3. The first-order chi connectivity index (χ1) is 17.3. The van der Waals surface area contributed by atoms with Crippen molar-refractivity contribution in [3.05, 3.63) is 71.8 Å². The van der Waals surface area contributed by atoms with E-state index < -0.39 is 23.3 Å². The van der Waals surface area contributed by atoms with Gasteiger partial charge in [0.05, 0.1) is 16.9 Å². The molecule has 1 aromatic carbocycles. The number of H-pyrrole nitrogens is 2. The average molecular weight is 490 g/mol. The highest BCUT2D eigenvalue weighted by atomic mass is 19.1. The van der Waals surface area contributed by atoms with Crippen LogP contribution in [0.5, 0.6) is 11.6 Å². The highest BCUT2D eigenvalue weighted by molar-refractivity contribution is 6.01. The van der Waals surface area contributed by atoms with Crippen LogP contribution in [0.15, 0.2) is 48.9 Å². The van der Waals surface area contributed by atoms with E-state index in [4.69, 9.17) is 4.74 Å². The second-order valence-electron chi connectivity index (χ2n) is 8.12. The maximum absolute atomic E-state index is 15.2. The highest BCUT2D eigenvalue weighted by Gasteiger charge is 2.25. The Hall–Kier alpha value is -4.87. The second kappa shape index (κ2) is 9.06. The number of benzene rings is 1. The average Bonchev–Trinajstić information content (AvgIpc) is 3.50. The number of amides is 1. The van der Waals surface area contributed by atoms with Crippen LogP contribution < -0.4 is 10.1 Å². The lowest BCUT2D eigenvalue weighted by atomic mass is 10.2. The zero-order chi connectivity index (χ0) is 25.4. The number of halogens is 2. The maximum Gasteiger partial charge on any atom is 0.262 e. The van der Waals surface area contributed by atoms with Crippen molar-refractivity contribution in [2.24, 2.45) is 0 Å². The Morgan fingerprint density at radius 1 is 1.11 bits per heavy atom. The Morgan fingerprint density at radius 3 is 2.69 bits per heavy atom. The third-order valence-electron chi connectivity index (χ3n) is 5.31. The quantitative estimate of drug-likeness (QED) is 0.318. The minimum absolute atomic E-state index is 0.0222. The molecule has 36 heavy (non-hydrogen) atoms. The molecule has 0 unspecified atom stereocenters. The standard InChI is InChI=1S/C24H20F2N8O2/c1-12-8-13-20(26)17(9-14(25)21(13)30-12)36-23-19(24(35)34(2)3)22(28-11-29-23)31-18-10-16(32-33-18)15-6-4-5-7-27-15/h4-11,30H,1-3H3,(H2,28,29,31,32,33). The van der Waals surface area contributed by atoms with E-state index in [0.29, 0.717) is 22.9 Å². The summed E-state index contributed by atoms with van der Waals surface area (Å²) in [6.45, 7) is 1.68. The normalized spacial score (nSPS) is 11.0. The van der Waals surface area contributed by atoms with Gasteiger partial charge in [-0.15, -0.1) is 0 Å². The fourth-order valence-electron chi connectivity index (χ4n) is 3.63. The van der Waals surface area contributed by atoms with Crippen LogP contribution in [0.2, 0.25) is 0 Å². The van der Waals surface area contributed by atoms with Gasteiger partial charge >= 0.3 is 0 Å².